The van der Waals surface area contributed by atoms with Gasteiger partial charge in [-0.3, -0.25) is 4.79 Å². The maximum absolute atomic E-state index is 11.9. The van der Waals surface area contributed by atoms with Crippen LogP contribution in [0.5, 0.6) is 17.2 Å². The van der Waals surface area contributed by atoms with Crippen LogP contribution in [-0.4, -0.2) is 20.2 Å². The third kappa shape index (κ3) is 2.44. The quantitative estimate of drug-likeness (QED) is 0.641. The zero-order valence-corrected chi connectivity index (χ0v) is 12.0. The molecule has 0 aliphatic carbocycles. The molecule has 3 rings (SSSR count). The minimum absolute atomic E-state index is 0.0664. The first-order chi connectivity index (χ1) is 10.2. The summed E-state index contributed by atoms with van der Waals surface area (Å²) in [5.41, 5.74) is 1.96. The van der Waals surface area contributed by atoms with E-state index in [2.05, 4.69) is 0 Å². The number of esters is 1. The molecule has 1 aliphatic rings. The number of hydrogen-bond acceptors (Lipinski definition) is 4. The van der Waals surface area contributed by atoms with Gasteiger partial charge < -0.3 is 14.2 Å². The first-order valence-corrected chi connectivity index (χ1v) is 6.74. The summed E-state index contributed by atoms with van der Waals surface area (Å²) >= 11 is 0. The van der Waals surface area contributed by atoms with Crippen molar-refractivity contribution in [2.45, 2.75) is 12.3 Å². The molecule has 1 atom stereocenters. The summed E-state index contributed by atoms with van der Waals surface area (Å²) < 4.78 is 15.9. The third-order valence-corrected chi connectivity index (χ3v) is 3.71. The fraction of sp³-hybridized carbons (Fsp3) is 0.235. The van der Waals surface area contributed by atoms with Gasteiger partial charge in [-0.15, -0.1) is 0 Å². The molecule has 0 saturated carbocycles. The molecule has 0 bridgehead atoms. The molecule has 1 heterocycles. The number of carbonyl (C=O) groups is 1. The molecule has 108 valence electrons. The van der Waals surface area contributed by atoms with E-state index in [1.165, 1.54) is 0 Å². The van der Waals surface area contributed by atoms with Crippen molar-refractivity contribution < 1.29 is 19.0 Å². The Morgan fingerprint density at radius 1 is 1.05 bits per heavy atom. The van der Waals surface area contributed by atoms with Crippen molar-refractivity contribution in [3.05, 3.63) is 53.6 Å². The lowest BCUT2D eigenvalue weighted by molar-refractivity contribution is -0.135. The van der Waals surface area contributed by atoms with Crippen LogP contribution in [0.2, 0.25) is 0 Å². The summed E-state index contributed by atoms with van der Waals surface area (Å²) in [6.45, 7) is 0. The summed E-state index contributed by atoms with van der Waals surface area (Å²) in [5.74, 6) is 1.69. The maximum atomic E-state index is 11.9. The number of fused-ring (bicyclic) bond motifs is 1. The minimum Gasteiger partial charge on any atom is -0.497 e. The van der Waals surface area contributed by atoms with Crippen LogP contribution in [0.15, 0.2) is 42.5 Å². The predicted octanol–water partition coefficient (Wildman–Crippen LogP) is 3.14. The van der Waals surface area contributed by atoms with Crippen LogP contribution in [0.1, 0.15) is 23.5 Å². The molecular formula is C17H16O4. The molecule has 4 heteroatoms. The molecule has 21 heavy (non-hydrogen) atoms. The molecule has 1 unspecified atom stereocenters. The molecule has 4 nitrogen and oxygen atoms in total. The smallest absolute Gasteiger partial charge is 0.312 e. The Bertz CT molecular complexity index is 678. The highest BCUT2D eigenvalue weighted by Crippen LogP contribution is 2.42. The minimum atomic E-state index is -0.244. The van der Waals surface area contributed by atoms with E-state index in [1.54, 1.807) is 20.3 Å². The first kappa shape index (κ1) is 13.5. The van der Waals surface area contributed by atoms with E-state index in [9.17, 15) is 4.79 Å². The Morgan fingerprint density at radius 3 is 2.62 bits per heavy atom. The summed E-state index contributed by atoms with van der Waals surface area (Å²) in [7, 11) is 3.22. The van der Waals surface area contributed by atoms with E-state index in [-0.39, 0.29) is 11.9 Å². The average molecular weight is 284 g/mol. The second-order valence-corrected chi connectivity index (χ2v) is 4.88. The Kier molecular flexibility index (Phi) is 3.52. The normalized spacial score (nSPS) is 16.9. The van der Waals surface area contributed by atoms with Gasteiger partial charge >= 0.3 is 5.97 Å². The zero-order valence-electron chi connectivity index (χ0n) is 12.0. The number of rotatable bonds is 3. The first-order valence-electron chi connectivity index (χ1n) is 6.74. The van der Waals surface area contributed by atoms with Gasteiger partial charge in [0.2, 0.25) is 0 Å². The standard InChI is InChI=1S/C17H16O4/c1-19-11-7-8-13-14(10-17(18)21-16(13)9-11)12-5-3-4-6-15(12)20-2/h3-9,14H,10H2,1-2H3. The molecule has 0 fully saturated rings. The molecule has 0 radical (unpaired) electrons. The molecule has 2 aromatic carbocycles. The van der Waals surface area contributed by atoms with Crippen LogP contribution in [0.3, 0.4) is 0 Å². The van der Waals surface area contributed by atoms with Gasteiger partial charge in [0, 0.05) is 23.1 Å². The van der Waals surface area contributed by atoms with Crippen LogP contribution >= 0.6 is 0 Å². The van der Waals surface area contributed by atoms with Crippen molar-refractivity contribution in [2.75, 3.05) is 14.2 Å². The SMILES string of the molecule is COc1ccc2c(c1)OC(=O)CC2c1ccccc1OC. The number of ether oxygens (including phenoxy) is 3. The van der Waals surface area contributed by atoms with Gasteiger partial charge in [0.05, 0.1) is 20.6 Å². The zero-order chi connectivity index (χ0) is 14.8. The van der Waals surface area contributed by atoms with E-state index in [4.69, 9.17) is 14.2 Å². The fourth-order valence-corrected chi connectivity index (χ4v) is 2.69. The van der Waals surface area contributed by atoms with Crippen molar-refractivity contribution in [3.8, 4) is 17.2 Å². The number of methoxy groups -OCH3 is 2. The largest absolute Gasteiger partial charge is 0.497 e. The number of para-hydroxylation sites is 1. The molecule has 0 amide bonds. The van der Waals surface area contributed by atoms with Crippen LogP contribution in [0.25, 0.3) is 0 Å². The highest BCUT2D eigenvalue weighted by atomic mass is 16.5. The van der Waals surface area contributed by atoms with Gasteiger partial charge in [-0.2, -0.15) is 0 Å². The van der Waals surface area contributed by atoms with Crippen molar-refractivity contribution in [3.63, 3.8) is 0 Å². The monoisotopic (exact) mass is 284 g/mol. The van der Waals surface area contributed by atoms with Crippen LogP contribution in [0, 0.1) is 0 Å². The van der Waals surface area contributed by atoms with Crippen molar-refractivity contribution in [2.24, 2.45) is 0 Å². The summed E-state index contributed by atoms with van der Waals surface area (Å²) in [6.07, 6.45) is 0.305. The molecule has 1 aliphatic heterocycles. The van der Waals surface area contributed by atoms with E-state index in [0.29, 0.717) is 17.9 Å². The van der Waals surface area contributed by atoms with E-state index < -0.39 is 0 Å². The fourth-order valence-electron chi connectivity index (χ4n) is 2.69. The van der Waals surface area contributed by atoms with Gasteiger partial charge in [0.25, 0.3) is 0 Å². The van der Waals surface area contributed by atoms with Gasteiger partial charge in [-0.1, -0.05) is 24.3 Å². The highest BCUT2D eigenvalue weighted by Gasteiger charge is 2.30. The maximum Gasteiger partial charge on any atom is 0.312 e. The van der Waals surface area contributed by atoms with Crippen molar-refractivity contribution in [1.82, 2.24) is 0 Å². The highest BCUT2D eigenvalue weighted by molar-refractivity contribution is 5.78. The number of carbonyl (C=O) groups excluding carboxylic acids is 1. The average Bonchev–Trinajstić information content (AvgIpc) is 2.53. The molecule has 0 N–H and O–H groups in total. The molecular weight excluding hydrogens is 268 g/mol. The second-order valence-electron chi connectivity index (χ2n) is 4.88. The molecule has 2 aromatic rings. The van der Waals surface area contributed by atoms with E-state index in [1.807, 2.05) is 36.4 Å². The summed E-state index contributed by atoms with van der Waals surface area (Å²) in [6, 6.07) is 13.3. The summed E-state index contributed by atoms with van der Waals surface area (Å²) in [4.78, 5) is 11.9. The number of benzene rings is 2. The Balaban J connectivity index is 2.11. The Hall–Kier alpha value is -2.49. The van der Waals surface area contributed by atoms with Crippen molar-refractivity contribution >= 4 is 5.97 Å². The number of hydrogen-bond donors (Lipinski definition) is 0. The molecule has 0 aromatic heterocycles. The second kappa shape index (κ2) is 5.48. The third-order valence-electron chi connectivity index (χ3n) is 3.71. The Labute approximate surface area is 123 Å². The predicted molar refractivity (Wildman–Crippen MR) is 78.1 cm³/mol. The van der Waals surface area contributed by atoms with Crippen LogP contribution < -0.4 is 14.2 Å². The van der Waals surface area contributed by atoms with Crippen molar-refractivity contribution in [1.29, 1.82) is 0 Å². The topological polar surface area (TPSA) is 44.8 Å². The lowest BCUT2D eigenvalue weighted by Crippen LogP contribution is -2.21. The molecule has 0 spiro atoms. The van der Waals surface area contributed by atoms with Gasteiger partial charge in [-0.05, 0) is 12.1 Å². The lowest BCUT2D eigenvalue weighted by Gasteiger charge is -2.26. The van der Waals surface area contributed by atoms with Crippen LogP contribution in [-0.2, 0) is 4.79 Å². The van der Waals surface area contributed by atoms with E-state index in [0.717, 1.165) is 16.9 Å². The van der Waals surface area contributed by atoms with E-state index >= 15 is 0 Å². The van der Waals surface area contributed by atoms with Gasteiger partial charge in [0.1, 0.15) is 17.2 Å². The van der Waals surface area contributed by atoms with Gasteiger partial charge in [0.15, 0.2) is 0 Å². The van der Waals surface area contributed by atoms with Crippen LogP contribution in [0.4, 0.5) is 0 Å². The van der Waals surface area contributed by atoms with Gasteiger partial charge in [-0.25, -0.2) is 0 Å². The lowest BCUT2D eigenvalue weighted by atomic mass is 9.86. The molecule has 0 saturated heterocycles. The Morgan fingerprint density at radius 2 is 1.86 bits per heavy atom. The summed E-state index contributed by atoms with van der Waals surface area (Å²) in [5, 5.41) is 0.